The minimum absolute atomic E-state index is 0.0735. The van der Waals surface area contributed by atoms with E-state index >= 15 is 0 Å². The fourth-order valence-corrected chi connectivity index (χ4v) is 5.37. The van der Waals surface area contributed by atoms with Crippen LogP contribution >= 0.6 is 11.3 Å². The van der Waals surface area contributed by atoms with Crippen LogP contribution in [0.15, 0.2) is 41.3 Å². The Morgan fingerprint density at radius 3 is 2.53 bits per heavy atom. The molecule has 0 atom stereocenters. The number of aliphatic carboxylic acids is 1. The lowest BCUT2D eigenvalue weighted by atomic mass is 9.95. The molecule has 202 valence electrons. The average Bonchev–Trinajstić information content (AvgIpc) is 3.55. The number of aryl methyl sites for hydroxylation is 1. The number of hydrogen-bond donors (Lipinski definition) is 1. The third-order valence-electron chi connectivity index (χ3n) is 6.22. The van der Waals surface area contributed by atoms with Crippen LogP contribution in [0.3, 0.4) is 0 Å². The number of benzene rings is 2. The van der Waals surface area contributed by atoms with Gasteiger partial charge in [0, 0.05) is 52.8 Å². The fourth-order valence-electron chi connectivity index (χ4n) is 4.30. The fraction of sp³-hybridized carbons (Fsp3) is 0.345. The summed E-state index contributed by atoms with van der Waals surface area (Å²) >= 11 is 1.52. The van der Waals surface area contributed by atoms with Gasteiger partial charge in [0.15, 0.2) is 18.3 Å². The summed E-state index contributed by atoms with van der Waals surface area (Å²) in [4.78, 5) is 13.3. The number of unbranched alkanes of at least 4 members (excludes halogenated alkanes) is 1. The highest BCUT2D eigenvalue weighted by Gasteiger charge is 2.22. The maximum absolute atomic E-state index is 12.4. The molecule has 0 unspecified atom stereocenters. The molecule has 0 radical (unpaired) electrons. The Kier molecular flexibility index (Phi) is 9.15. The van der Waals surface area contributed by atoms with Crippen LogP contribution in [0, 0.1) is 0 Å². The third kappa shape index (κ3) is 6.06. The molecule has 0 saturated carbocycles. The van der Waals surface area contributed by atoms with Gasteiger partial charge in [-0.1, -0.05) is 13.3 Å². The van der Waals surface area contributed by atoms with E-state index in [0.717, 1.165) is 40.8 Å². The first-order chi connectivity index (χ1) is 18.5. The smallest absolute Gasteiger partial charge is 0.331 e. The van der Waals surface area contributed by atoms with Crippen molar-refractivity contribution < 1.29 is 38.3 Å². The van der Waals surface area contributed by atoms with E-state index < -0.39 is 5.97 Å². The summed E-state index contributed by atoms with van der Waals surface area (Å²) < 4.78 is 32.9. The van der Waals surface area contributed by atoms with E-state index in [2.05, 4.69) is 12.3 Å². The molecular formula is C29H32O8S. The topological polar surface area (TPSA) is 92.7 Å². The van der Waals surface area contributed by atoms with Crippen molar-refractivity contribution in [3.05, 3.63) is 57.3 Å². The lowest BCUT2D eigenvalue weighted by Gasteiger charge is -2.15. The summed E-state index contributed by atoms with van der Waals surface area (Å²) in [5, 5.41) is 12.3. The van der Waals surface area contributed by atoms with Gasteiger partial charge in [0.25, 0.3) is 0 Å². The Morgan fingerprint density at radius 2 is 1.84 bits per heavy atom. The van der Waals surface area contributed by atoms with Crippen molar-refractivity contribution in [3.63, 3.8) is 0 Å². The summed E-state index contributed by atoms with van der Waals surface area (Å²) in [6, 6.07) is 9.14. The van der Waals surface area contributed by atoms with Crippen molar-refractivity contribution in [3.8, 4) is 39.9 Å². The molecule has 1 aromatic heterocycles. The monoisotopic (exact) mass is 540 g/mol. The number of thiophene rings is 1. The number of rotatable bonds is 13. The van der Waals surface area contributed by atoms with Gasteiger partial charge in [-0.3, -0.25) is 0 Å². The first-order valence-corrected chi connectivity index (χ1v) is 13.2. The highest BCUT2D eigenvalue weighted by molar-refractivity contribution is 7.11. The lowest BCUT2D eigenvalue weighted by Crippen LogP contribution is -2.05. The molecule has 0 fully saturated rings. The minimum atomic E-state index is -1.01. The number of ether oxygens (including phenoxy) is 6. The Labute approximate surface area is 226 Å². The molecule has 4 rings (SSSR count). The molecule has 0 amide bonds. The SMILES string of the molecule is CCCCc1csc(/C=C(\Cc2cc3c(cc2OC)OCO3)C(=O)O)c1-c1ccc(OC)cc1OCOC. The second-order valence-corrected chi connectivity index (χ2v) is 9.60. The number of hydrogen-bond acceptors (Lipinski definition) is 8. The molecule has 9 heteroatoms. The predicted molar refractivity (Wildman–Crippen MR) is 146 cm³/mol. The molecule has 0 bridgehead atoms. The molecule has 2 heterocycles. The molecule has 2 aromatic carbocycles. The first-order valence-electron chi connectivity index (χ1n) is 12.3. The van der Waals surface area contributed by atoms with Gasteiger partial charge in [-0.15, -0.1) is 11.3 Å². The van der Waals surface area contributed by atoms with Gasteiger partial charge in [-0.05, 0) is 48.1 Å². The second-order valence-electron chi connectivity index (χ2n) is 8.69. The molecule has 0 aliphatic carbocycles. The van der Waals surface area contributed by atoms with Crippen LogP contribution in [0.4, 0.5) is 0 Å². The van der Waals surface area contributed by atoms with E-state index in [-0.39, 0.29) is 25.6 Å². The highest BCUT2D eigenvalue weighted by atomic mass is 32.1. The quantitative estimate of drug-likeness (QED) is 0.202. The Hall–Kier alpha value is -3.69. The van der Waals surface area contributed by atoms with Crippen LogP contribution in [0.5, 0.6) is 28.7 Å². The maximum atomic E-state index is 12.4. The van der Waals surface area contributed by atoms with E-state index in [1.165, 1.54) is 11.3 Å². The first kappa shape index (κ1) is 27.3. The van der Waals surface area contributed by atoms with Crippen LogP contribution in [-0.4, -0.2) is 46.0 Å². The zero-order valence-electron chi connectivity index (χ0n) is 22.0. The predicted octanol–water partition coefficient (Wildman–Crippen LogP) is 6.20. The van der Waals surface area contributed by atoms with Crippen molar-refractivity contribution in [2.75, 3.05) is 34.9 Å². The highest BCUT2D eigenvalue weighted by Crippen LogP contribution is 2.43. The summed E-state index contributed by atoms with van der Waals surface area (Å²) in [6.07, 6.45) is 4.81. The normalized spacial score (nSPS) is 12.5. The summed E-state index contributed by atoms with van der Waals surface area (Å²) in [5.74, 6) is 1.94. The largest absolute Gasteiger partial charge is 0.497 e. The van der Waals surface area contributed by atoms with E-state index in [0.29, 0.717) is 34.3 Å². The maximum Gasteiger partial charge on any atom is 0.331 e. The second kappa shape index (κ2) is 12.7. The number of fused-ring (bicyclic) bond motifs is 1. The van der Waals surface area contributed by atoms with E-state index in [1.807, 2.05) is 18.2 Å². The van der Waals surface area contributed by atoms with Crippen molar-refractivity contribution in [1.82, 2.24) is 0 Å². The Morgan fingerprint density at radius 1 is 1.05 bits per heavy atom. The van der Waals surface area contributed by atoms with Crippen LogP contribution < -0.4 is 23.7 Å². The molecule has 1 aliphatic rings. The zero-order valence-corrected chi connectivity index (χ0v) is 22.8. The molecule has 1 N–H and O–H groups in total. The molecule has 3 aromatic rings. The van der Waals surface area contributed by atoms with E-state index in [1.54, 1.807) is 39.5 Å². The summed E-state index contributed by atoms with van der Waals surface area (Å²) in [6.45, 7) is 2.34. The summed E-state index contributed by atoms with van der Waals surface area (Å²) in [5.41, 5.74) is 3.87. The van der Waals surface area contributed by atoms with Crippen molar-refractivity contribution in [1.29, 1.82) is 0 Å². The van der Waals surface area contributed by atoms with Crippen molar-refractivity contribution >= 4 is 23.4 Å². The van der Waals surface area contributed by atoms with Gasteiger partial charge >= 0.3 is 5.97 Å². The van der Waals surface area contributed by atoms with Gasteiger partial charge in [-0.2, -0.15) is 0 Å². The Bertz CT molecular complexity index is 1310. The third-order valence-corrected chi connectivity index (χ3v) is 7.20. The molecule has 8 nitrogen and oxygen atoms in total. The average molecular weight is 541 g/mol. The molecule has 0 saturated heterocycles. The molecule has 38 heavy (non-hydrogen) atoms. The molecule has 0 spiro atoms. The van der Waals surface area contributed by atoms with E-state index in [4.69, 9.17) is 28.4 Å². The van der Waals surface area contributed by atoms with Crippen LogP contribution in [0.25, 0.3) is 17.2 Å². The zero-order chi connectivity index (χ0) is 27.1. The number of carboxylic acid groups (broad SMARTS) is 1. The van der Waals surface area contributed by atoms with Gasteiger partial charge < -0.3 is 33.5 Å². The number of carboxylic acids is 1. The van der Waals surface area contributed by atoms with Gasteiger partial charge in [0.1, 0.15) is 17.2 Å². The van der Waals surface area contributed by atoms with Crippen molar-refractivity contribution in [2.24, 2.45) is 0 Å². The van der Waals surface area contributed by atoms with Crippen LogP contribution in [-0.2, 0) is 22.4 Å². The number of carbonyl (C=O) groups is 1. The van der Waals surface area contributed by atoms with Crippen molar-refractivity contribution in [2.45, 2.75) is 32.6 Å². The standard InChI is InChI=1S/C29H32O8S/c1-5-6-7-18-15-38-27(28(18)22-9-8-21(33-3)13-24(22)35-16-32-2)12-20(29(30)31)10-19-11-25-26(37-17-36-25)14-23(19)34-4/h8-9,11-15H,5-7,10,16-17H2,1-4H3,(H,30,31)/b20-12+. The van der Waals surface area contributed by atoms with Gasteiger partial charge in [-0.25, -0.2) is 4.79 Å². The van der Waals surface area contributed by atoms with Crippen LogP contribution in [0.1, 0.15) is 35.8 Å². The van der Waals surface area contributed by atoms with E-state index in [9.17, 15) is 9.90 Å². The lowest BCUT2D eigenvalue weighted by molar-refractivity contribution is -0.132. The minimum Gasteiger partial charge on any atom is -0.497 e. The Balaban J connectivity index is 1.80. The molecule has 1 aliphatic heterocycles. The molecular weight excluding hydrogens is 508 g/mol. The van der Waals surface area contributed by atoms with Gasteiger partial charge in [0.2, 0.25) is 6.79 Å². The van der Waals surface area contributed by atoms with Crippen LogP contribution in [0.2, 0.25) is 0 Å². The summed E-state index contributed by atoms with van der Waals surface area (Å²) in [7, 11) is 4.71. The van der Waals surface area contributed by atoms with Gasteiger partial charge in [0.05, 0.1) is 14.2 Å². The number of methoxy groups -OCH3 is 3.